The molecule has 8 nitrogen and oxygen atoms in total. The van der Waals surface area contributed by atoms with E-state index >= 15 is 0 Å². The van der Waals surface area contributed by atoms with Gasteiger partial charge >= 0.3 is 11.9 Å². The predicted molar refractivity (Wildman–Crippen MR) is 45.3 cm³/mol. The monoisotopic (exact) mass is 204 g/mol. The van der Waals surface area contributed by atoms with E-state index in [1.807, 2.05) is 0 Å². The van der Waals surface area contributed by atoms with Crippen molar-refractivity contribution in [1.82, 2.24) is 0 Å². The molecule has 0 saturated carbocycles. The Hall–Kier alpha value is -1.54. The predicted octanol–water partition coefficient (Wildman–Crippen LogP) is -1.04. The lowest BCUT2D eigenvalue weighted by Gasteiger charge is -2.16. The summed E-state index contributed by atoms with van der Waals surface area (Å²) in [5.41, 5.74) is 6.36. The number of carbonyl (C=O) groups is 2. The molecule has 0 heterocycles. The molecule has 0 fully saturated rings. The van der Waals surface area contributed by atoms with Gasteiger partial charge in [-0.05, 0) is 13.8 Å². The lowest BCUT2D eigenvalue weighted by atomic mass is 10.2. The second kappa shape index (κ2) is 3.68. The van der Waals surface area contributed by atoms with Crippen LogP contribution < -0.4 is 11.5 Å². The largest absolute Gasteiger partial charge is 0.478 e. The van der Waals surface area contributed by atoms with Gasteiger partial charge in [-0.25, -0.2) is 9.59 Å². The van der Waals surface area contributed by atoms with Gasteiger partial charge in [0, 0.05) is 0 Å². The minimum absolute atomic E-state index is 1.07. The Bertz CT molecular complexity index is 256. The maximum atomic E-state index is 10.4. The number of carboxylic acids is 2. The van der Waals surface area contributed by atoms with Gasteiger partial charge in [0.1, 0.15) is 0 Å². The minimum atomic E-state index is -1.98. The third kappa shape index (κ3) is 3.07. The highest BCUT2D eigenvalue weighted by Gasteiger charge is 2.32. The van der Waals surface area contributed by atoms with Gasteiger partial charge in [-0.1, -0.05) is 0 Å². The average Bonchev–Trinajstić information content (AvgIpc) is 2.01. The maximum absolute atomic E-state index is 10.4. The van der Waals surface area contributed by atoms with Crippen LogP contribution in [-0.2, 0) is 9.59 Å². The topological polar surface area (TPSA) is 151 Å². The van der Waals surface area contributed by atoms with Gasteiger partial charge in [0.15, 0.2) is 0 Å². The molecule has 0 bridgehead atoms. The van der Waals surface area contributed by atoms with Crippen molar-refractivity contribution in [3.05, 3.63) is 0 Å². The standard InChI is InChI=1S/C6H12N4O4/c1-5(7,3(11)12)9-10-6(2,8)4(13)14/h7-8H2,1-2H3,(H,11,12)(H,13,14)/b10-9+/t5-,6-/m1/s1. The quantitative estimate of drug-likeness (QED) is 0.429. The Labute approximate surface area is 79.6 Å². The molecule has 0 aromatic carbocycles. The molecule has 0 amide bonds. The lowest BCUT2D eigenvalue weighted by Crippen LogP contribution is -2.46. The van der Waals surface area contributed by atoms with Crippen LogP contribution in [0.5, 0.6) is 0 Å². The van der Waals surface area contributed by atoms with E-state index in [-0.39, 0.29) is 0 Å². The van der Waals surface area contributed by atoms with Crippen LogP contribution in [0.3, 0.4) is 0 Å². The fourth-order valence-electron chi connectivity index (χ4n) is 0.293. The van der Waals surface area contributed by atoms with E-state index in [9.17, 15) is 9.59 Å². The molecule has 0 aliphatic rings. The summed E-state index contributed by atoms with van der Waals surface area (Å²) < 4.78 is 0. The highest BCUT2D eigenvalue weighted by molar-refractivity contribution is 5.78. The molecule has 0 spiro atoms. The van der Waals surface area contributed by atoms with E-state index in [1.54, 1.807) is 0 Å². The molecule has 0 unspecified atom stereocenters. The van der Waals surface area contributed by atoms with Crippen molar-refractivity contribution in [1.29, 1.82) is 0 Å². The van der Waals surface area contributed by atoms with E-state index in [0.29, 0.717) is 0 Å². The molecule has 0 rings (SSSR count). The SMILES string of the molecule is C[C@@](N)(/N=N/[C@@](C)(N)C(=O)O)C(=O)O. The van der Waals surface area contributed by atoms with Gasteiger partial charge in [-0.15, -0.1) is 0 Å². The second-order valence-corrected chi connectivity index (χ2v) is 3.11. The second-order valence-electron chi connectivity index (χ2n) is 3.11. The first-order valence-electron chi connectivity index (χ1n) is 3.58. The number of aliphatic carboxylic acids is 2. The van der Waals surface area contributed by atoms with E-state index < -0.39 is 23.3 Å². The average molecular weight is 204 g/mol. The molecule has 14 heavy (non-hydrogen) atoms. The van der Waals surface area contributed by atoms with Crippen LogP contribution in [0.25, 0.3) is 0 Å². The van der Waals surface area contributed by atoms with Gasteiger partial charge in [0.05, 0.1) is 0 Å². The number of azo groups is 1. The molecule has 0 aliphatic carbocycles. The molecule has 2 atom stereocenters. The Balaban J connectivity index is 4.76. The first-order chi connectivity index (χ1) is 6.09. The fraction of sp³-hybridized carbons (Fsp3) is 0.667. The first kappa shape index (κ1) is 12.5. The summed E-state index contributed by atoms with van der Waals surface area (Å²) in [5, 5.41) is 23.3. The van der Waals surface area contributed by atoms with Crippen molar-refractivity contribution in [2.75, 3.05) is 0 Å². The van der Waals surface area contributed by atoms with Crippen molar-refractivity contribution in [3.8, 4) is 0 Å². The smallest absolute Gasteiger partial charge is 0.348 e. The molecule has 80 valence electrons. The Morgan fingerprint density at radius 2 is 1.21 bits per heavy atom. The van der Waals surface area contributed by atoms with Crippen LogP contribution in [-0.4, -0.2) is 33.5 Å². The van der Waals surface area contributed by atoms with E-state index in [4.69, 9.17) is 21.7 Å². The number of hydrogen-bond acceptors (Lipinski definition) is 6. The van der Waals surface area contributed by atoms with Crippen LogP contribution in [0, 0.1) is 0 Å². The summed E-state index contributed by atoms with van der Waals surface area (Å²) in [5.74, 6) is -2.86. The van der Waals surface area contributed by atoms with Crippen molar-refractivity contribution in [2.24, 2.45) is 21.7 Å². The molecule has 6 N–H and O–H groups in total. The third-order valence-corrected chi connectivity index (χ3v) is 1.33. The van der Waals surface area contributed by atoms with Gasteiger partial charge in [-0.2, -0.15) is 10.2 Å². The van der Waals surface area contributed by atoms with Crippen LogP contribution in [0.1, 0.15) is 13.8 Å². The molecular formula is C6H12N4O4. The first-order valence-corrected chi connectivity index (χ1v) is 3.58. The summed E-state index contributed by atoms with van der Waals surface area (Å²) >= 11 is 0. The van der Waals surface area contributed by atoms with Crippen LogP contribution in [0.4, 0.5) is 0 Å². The summed E-state index contributed by atoms with van der Waals surface area (Å²) in [6.07, 6.45) is 0. The summed E-state index contributed by atoms with van der Waals surface area (Å²) in [7, 11) is 0. The Kier molecular flexibility index (Phi) is 3.27. The highest BCUT2D eigenvalue weighted by Crippen LogP contribution is 2.08. The zero-order valence-electron chi connectivity index (χ0n) is 7.76. The normalized spacial score (nSPS) is 20.0. The zero-order chi connectivity index (χ0) is 11.6. The summed E-state index contributed by atoms with van der Waals surface area (Å²) in [6, 6.07) is 0. The van der Waals surface area contributed by atoms with Crippen LogP contribution in [0.2, 0.25) is 0 Å². The number of nitrogens with zero attached hydrogens (tertiary/aromatic N) is 2. The van der Waals surface area contributed by atoms with Crippen LogP contribution >= 0.6 is 0 Å². The van der Waals surface area contributed by atoms with Gasteiger partial charge < -0.3 is 10.2 Å². The van der Waals surface area contributed by atoms with Gasteiger partial charge in [-0.3, -0.25) is 11.5 Å². The van der Waals surface area contributed by atoms with Crippen molar-refractivity contribution < 1.29 is 19.8 Å². The summed E-state index contributed by atoms with van der Waals surface area (Å²) in [4.78, 5) is 20.9. The number of nitrogens with two attached hydrogens (primary N) is 2. The van der Waals surface area contributed by atoms with Crippen molar-refractivity contribution >= 4 is 11.9 Å². The Morgan fingerprint density at radius 1 is 1.00 bits per heavy atom. The third-order valence-electron chi connectivity index (χ3n) is 1.33. The van der Waals surface area contributed by atoms with E-state index in [0.717, 1.165) is 13.8 Å². The molecule has 0 aromatic rings. The highest BCUT2D eigenvalue weighted by atomic mass is 16.4. The fourth-order valence-corrected chi connectivity index (χ4v) is 0.293. The number of rotatable bonds is 4. The molecule has 0 aromatic heterocycles. The molecule has 0 radical (unpaired) electrons. The van der Waals surface area contributed by atoms with Gasteiger partial charge in [0.2, 0.25) is 11.3 Å². The lowest BCUT2D eigenvalue weighted by molar-refractivity contribution is -0.145. The molecule has 8 heteroatoms. The number of carboxylic acid groups (broad SMARTS) is 2. The van der Waals surface area contributed by atoms with Crippen LogP contribution in [0.15, 0.2) is 10.2 Å². The Morgan fingerprint density at radius 3 is 1.36 bits per heavy atom. The summed E-state index contributed by atoms with van der Waals surface area (Å²) in [6.45, 7) is 2.13. The minimum Gasteiger partial charge on any atom is -0.478 e. The molecule has 0 saturated heterocycles. The molecule has 0 aliphatic heterocycles. The van der Waals surface area contributed by atoms with Gasteiger partial charge in [0.25, 0.3) is 0 Å². The zero-order valence-corrected chi connectivity index (χ0v) is 7.76. The van der Waals surface area contributed by atoms with Crippen molar-refractivity contribution in [2.45, 2.75) is 25.2 Å². The maximum Gasteiger partial charge on any atom is 0.348 e. The van der Waals surface area contributed by atoms with E-state index in [1.165, 1.54) is 0 Å². The number of hydrogen-bond donors (Lipinski definition) is 4. The van der Waals surface area contributed by atoms with Crippen molar-refractivity contribution in [3.63, 3.8) is 0 Å². The van der Waals surface area contributed by atoms with E-state index in [2.05, 4.69) is 10.2 Å². The molecular weight excluding hydrogens is 192 g/mol.